The van der Waals surface area contributed by atoms with Crippen molar-refractivity contribution in [1.82, 2.24) is 5.06 Å². The predicted molar refractivity (Wildman–Crippen MR) is 61.3 cm³/mol. The van der Waals surface area contributed by atoms with Crippen LogP contribution in [0.5, 0.6) is 5.75 Å². The van der Waals surface area contributed by atoms with Crippen LogP contribution in [0.25, 0.3) is 0 Å². The average molecular weight is 241 g/mol. The third-order valence-corrected chi connectivity index (χ3v) is 2.10. The zero-order valence-corrected chi connectivity index (χ0v) is 10.4. The first-order valence-electron chi connectivity index (χ1n) is 5.24. The summed E-state index contributed by atoms with van der Waals surface area (Å²) >= 11 is 0. The number of carbonyl (C=O) groups is 1. The summed E-state index contributed by atoms with van der Waals surface area (Å²) in [6.45, 7) is 3.57. The Morgan fingerprint density at radius 3 is 2.59 bits per heavy atom. The number of hydrogen-bond acceptors (Lipinski definition) is 3. The Balaban J connectivity index is 2.99. The summed E-state index contributed by atoms with van der Waals surface area (Å²) in [6, 6.07) is 3.96. The van der Waals surface area contributed by atoms with E-state index in [0.717, 1.165) is 5.06 Å². The standard InChI is InChI=1S/C12H16FNO3/c1-8(2)17-11-7-9(5-6-10(11)13)12(15)14(3)16-4/h5-8H,1-4H3. The van der Waals surface area contributed by atoms with E-state index in [-0.39, 0.29) is 17.8 Å². The second-order valence-corrected chi connectivity index (χ2v) is 3.80. The summed E-state index contributed by atoms with van der Waals surface area (Å²) in [5.41, 5.74) is 0.311. The molecule has 1 aromatic carbocycles. The highest BCUT2D eigenvalue weighted by atomic mass is 19.1. The van der Waals surface area contributed by atoms with Crippen LogP contribution < -0.4 is 4.74 Å². The summed E-state index contributed by atoms with van der Waals surface area (Å²) < 4.78 is 18.7. The lowest BCUT2D eigenvalue weighted by molar-refractivity contribution is -0.0757. The molecule has 0 bridgehead atoms. The van der Waals surface area contributed by atoms with Crippen molar-refractivity contribution in [3.8, 4) is 5.75 Å². The summed E-state index contributed by atoms with van der Waals surface area (Å²) in [4.78, 5) is 16.5. The molecule has 0 aliphatic rings. The Morgan fingerprint density at radius 1 is 1.41 bits per heavy atom. The number of nitrogens with zero attached hydrogens (tertiary/aromatic N) is 1. The van der Waals surface area contributed by atoms with Crippen LogP contribution in [0.3, 0.4) is 0 Å². The molecule has 0 radical (unpaired) electrons. The van der Waals surface area contributed by atoms with E-state index >= 15 is 0 Å². The van der Waals surface area contributed by atoms with Gasteiger partial charge in [0.05, 0.1) is 13.2 Å². The van der Waals surface area contributed by atoms with Crippen molar-refractivity contribution in [2.75, 3.05) is 14.2 Å². The molecule has 17 heavy (non-hydrogen) atoms. The van der Waals surface area contributed by atoms with Gasteiger partial charge in [-0.3, -0.25) is 9.63 Å². The van der Waals surface area contributed by atoms with Gasteiger partial charge in [0.2, 0.25) is 0 Å². The van der Waals surface area contributed by atoms with Crippen LogP contribution in [0, 0.1) is 5.82 Å². The molecular formula is C12H16FNO3. The van der Waals surface area contributed by atoms with Crippen LogP contribution in [0.1, 0.15) is 24.2 Å². The quantitative estimate of drug-likeness (QED) is 0.759. The van der Waals surface area contributed by atoms with Crippen LogP contribution in [0.15, 0.2) is 18.2 Å². The molecule has 94 valence electrons. The van der Waals surface area contributed by atoms with Crippen molar-refractivity contribution < 1.29 is 18.8 Å². The lowest BCUT2D eigenvalue weighted by atomic mass is 10.2. The van der Waals surface area contributed by atoms with E-state index in [1.54, 1.807) is 13.8 Å². The van der Waals surface area contributed by atoms with E-state index in [4.69, 9.17) is 9.57 Å². The fourth-order valence-electron chi connectivity index (χ4n) is 1.25. The summed E-state index contributed by atoms with van der Waals surface area (Å²) in [6.07, 6.45) is -0.157. The van der Waals surface area contributed by atoms with Crippen LogP contribution in [0.4, 0.5) is 4.39 Å². The first-order chi connectivity index (χ1) is 7.95. The molecule has 0 fully saturated rings. The Bertz CT molecular complexity index is 407. The van der Waals surface area contributed by atoms with Gasteiger partial charge in [0, 0.05) is 12.6 Å². The predicted octanol–water partition coefficient (Wildman–Crippen LogP) is 2.25. The summed E-state index contributed by atoms with van der Waals surface area (Å²) in [7, 11) is 2.86. The Labute approximate surface area is 99.9 Å². The number of hydroxylamine groups is 2. The Kier molecular flexibility index (Phi) is 4.45. The molecule has 4 nitrogen and oxygen atoms in total. The van der Waals surface area contributed by atoms with Gasteiger partial charge in [-0.15, -0.1) is 0 Å². The molecule has 0 aliphatic carbocycles. The molecule has 0 aliphatic heterocycles. The van der Waals surface area contributed by atoms with Gasteiger partial charge in [0.25, 0.3) is 5.91 Å². The molecule has 0 saturated carbocycles. The third kappa shape index (κ3) is 3.42. The lowest BCUT2D eigenvalue weighted by Crippen LogP contribution is -2.25. The molecule has 5 heteroatoms. The van der Waals surface area contributed by atoms with Crippen molar-refractivity contribution in [1.29, 1.82) is 0 Å². The summed E-state index contributed by atoms with van der Waals surface area (Å²) in [5, 5.41) is 1.06. The highest BCUT2D eigenvalue weighted by molar-refractivity contribution is 5.93. The molecular weight excluding hydrogens is 225 g/mol. The number of hydrogen-bond donors (Lipinski definition) is 0. The SMILES string of the molecule is CON(C)C(=O)c1ccc(F)c(OC(C)C)c1. The highest BCUT2D eigenvalue weighted by Gasteiger charge is 2.14. The maximum atomic E-state index is 13.4. The first-order valence-corrected chi connectivity index (χ1v) is 5.24. The lowest BCUT2D eigenvalue weighted by Gasteiger charge is -2.15. The largest absolute Gasteiger partial charge is 0.488 e. The second kappa shape index (κ2) is 5.63. The van der Waals surface area contributed by atoms with Gasteiger partial charge in [-0.05, 0) is 32.0 Å². The van der Waals surface area contributed by atoms with Gasteiger partial charge < -0.3 is 4.74 Å². The van der Waals surface area contributed by atoms with E-state index in [9.17, 15) is 9.18 Å². The molecule has 0 saturated heterocycles. The summed E-state index contributed by atoms with van der Waals surface area (Å²) in [5.74, 6) is -0.785. The molecule has 0 heterocycles. The van der Waals surface area contributed by atoms with Gasteiger partial charge in [-0.2, -0.15) is 0 Å². The fraction of sp³-hybridized carbons (Fsp3) is 0.417. The van der Waals surface area contributed by atoms with Crippen molar-refractivity contribution in [3.05, 3.63) is 29.6 Å². The average Bonchev–Trinajstić information content (AvgIpc) is 2.29. The van der Waals surface area contributed by atoms with Gasteiger partial charge >= 0.3 is 0 Å². The molecule has 0 spiro atoms. The van der Waals surface area contributed by atoms with Crippen molar-refractivity contribution in [2.45, 2.75) is 20.0 Å². The Hall–Kier alpha value is -1.62. The molecule has 0 aromatic heterocycles. The second-order valence-electron chi connectivity index (χ2n) is 3.80. The van der Waals surface area contributed by atoms with E-state index in [1.807, 2.05) is 0 Å². The van der Waals surface area contributed by atoms with Crippen molar-refractivity contribution in [3.63, 3.8) is 0 Å². The maximum Gasteiger partial charge on any atom is 0.277 e. The monoisotopic (exact) mass is 241 g/mol. The first kappa shape index (κ1) is 13.4. The van der Waals surface area contributed by atoms with E-state index in [1.165, 1.54) is 32.4 Å². The molecule has 0 unspecified atom stereocenters. The number of rotatable bonds is 4. The van der Waals surface area contributed by atoms with Gasteiger partial charge in [0.15, 0.2) is 11.6 Å². The molecule has 1 amide bonds. The Morgan fingerprint density at radius 2 is 2.06 bits per heavy atom. The molecule has 1 rings (SSSR count). The number of halogens is 1. The van der Waals surface area contributed by atoms with E-state index in [0.29, 0.717) is 5.56 Å². The van der Waals surface area contributed by atoms with Crippen LogP contribution in [-0.4, -0.2) is 31.2 Å². The number of benzene rings is 1. The minimum Gasteiger partial charge on any atom is -0.488 e. The van der Waals surface area contributed by atoms with E-state index < -0.39 is 5.82 Å². The van der Waals surface area contributed by atoms with Crippen LogP contribution in [0.2, 0.25) is 0 Å². The smallest absolute Gasteiger partial charge is 0.277 e. The van der Waals surface area contributed by atoms with Crippen molar-refractivity contribution in [2.24, 2.45) is 0 Å². The van der Waals surface area contributed by atoms with Crippen molar-refractivity contribution >= 4 is 5.91 Å². The zero-order chi connectivity index (χ0) is 13.0. The zero-order valence-electron chi connectivity index (χ0n) is 10.4. The van der Waals surface area contributed by atoms with E-state index in [2.05, 4.69) is 0 Å². The molecule has 1 aromatic rings. The molecule has 0 atom stereocenters. The van der Waals surface area contributed by atoms with Gasteiger partial charge in [-0.25, -0.2) is 9.45 Å². The van der Waals surface area contributed by atoms with Gasteiger partial charge in [-0.1, -0.05) is 0 Å². The van der Waals surface area contributed by atoms with Crippen LogP contribution >= 0.6 is 0 Å². The number of amides is 1. The number of ether oxygens (including phenoxy) is 1. The topological polar surface area (TPSA) is 38.8 Å². The fourth-order valence-corrected chi connectivity index (χ4v) is 1.25. The minimum atomic E-state index is -0.490. The normalized spacial score (nSPS) is 10.5. The molecule has 0 N–H and O–H groups in total. The number of carbonyl (C=O) groups excluding carboxylic acids is 1. The highest BCUT2D eigenvalue weighted by Crippen LogP contribution is 2.20. The van der Waals surface area contributed by atoms with Gasteiger partial charge in [0.1, 0.15) is 0 Å². The minimum absolute atomic E-state index is 0.0651. The maximum absolute atomic E-state index is 13.4. The third-order valence-electron chi connectivity index (χ3n) is 2.10. The van der Waals surface area contributed by atoms with Crippen LogP contribution in [-0.2, 0) is 4.84 Å².